The number of aromatic hydroxyl groups is 1. The number of hydrogen-bond donors (Lipinski definition) is 2. The standard InChI is InChI=1S/C14H11BrFNO3/c1-20-13-5-3-9(7-12(13)18)17-14(19)8-2-4-11(16)10(15)6-8/h2-7,18H,1H3,(H,17,19). The van der Waals surface area contributed by atoms with Crippen LogP contribution in [-0.2, 0) is 0 Å². The van der Waals surface area contributed by atoms with Crippen LogP contribution in [0.3, 0.4) is 0 Å². The fraction of sp³-hybridized carbons (Fsp3) is 0.0714. The van der Waals surface area contributed by atoms with Gasteiger partial charge in [-0.05, 0) is 46.3 Å². The van der Waals surface area contributed by atoms with Crippen LogP contribution in [-0.4, -0.2) is 18.1 Å². The third kappa shape index (κ3) is 3.08. The molecule has 0 heterocycles. The second-order valence-corrected chi connectivity index (χ2v) is 4.82. The first-order chi connectivity index (χ1) is 9.51. The van der Waals surface area contributed by atoms with Crippen molar-refractivity contribution in [3.05, 3.63) is 52.3 Å². The predicted molar refractivity (Wildman–Crippen MR) is 76.7 cm³/mol. The minimum Gasteiger partial charge on any atom is -0.504 e. The molecule has 2 aromatic rings. The molecule has 0 atom stereocenters. The van der Waals surface area contributed by atoms with Crippen LogP contribution in [0.4, 0.5) is 10.1 Å². The molecule has 1 amide bonds. The molecule has 104 valence electrons. The molecule has 2 rings (SSSR count). The smallest absolute Gasteiger partial charge is 0.255 e. The van der Waals surface area contributed by atoms with Gasteiger partial charge in [0.15, 0.2) is 11.5 Å². The monoisotopic (exact) mass is 339 g/mol. The third-order valence-electron chi connectivity index (χ3n) is 2.62. The average Bonchev–Trinajstić information content (AvgIpc) is 2.42. The molecular formula is C14H11BrFNO3. The fourth-order valence-corrected chi connectivity index (χ4v) is 1.99. The van der Waals surface area contributed by atoms with Gasteiger partial charge < -0.3 is 15.2 Å². The number of methoxy groups -OCH3 is 1. The molecule has 20 heavy (non-hydrogen) atoms. The van der Waals surface area contributed by atoms with Crippen molar-refractivity contribution in [3.63, 3.8) is 0 Å². The molecule has 0 unspecified atom stereocenters. The minimum atomic E-state index is -0.441. The Morgan fingerprint density at radius 2 is 2.05 bits per heavy atom. The van der Waals surface area contributed by atoms with Gasteiger partial charge in [-0.3, -0.25) is 4.79 Å². The lowest BCUT2D eigenvalue weighted by Gasteiger charge is -2.08. The van der Waals surface area contributed by atoms with E-state index in [1.165, 1.54) is 37.4 Å². The zero-order chi connectivity index (χ0) is 14.7. The first kappa shape index (κ1) is 14.3. The predicted octanol–water partition coefficient (Wildman–Crippen LogP) is 3.55. The van der Waals surface area contributed by atoms with E-state index in [1.807, 2.05) is 0 Å². The average molecular weight is 340 g/mol. The Hall–Kier alpha value is -2.08. The highest BCUT2D eigenvalue weighted by atomic mass is 79.9. The molecule has 0 radical (unpaired) electrons. The summed E-state index contributed by atoms with van der Waals surface area (Å²) in [7, 11) is 1.43. The number of benzene rings is 2. The SMILES string of the molecule is COc1ccc(NC(=O)c2ccc(F)c(Br)c2)cc1O. The quantitative estimate of drug-likeness (QED) is 0.898. The Kier molecular flexibility index (Phi) is 4.24. The molecule has 0 aliphatic heterocycles. The van der Waals surface area contributed by atoms with E-state index in [0.717, 1.165) is 0 Å². The lowest BCUT2D eigenvalue weighted by atomic mass is 10.2. The molecule has 4 nitrogen and oxygen atoms in total. The third-order valence-corrected chi connectivity index (χ3v) is 3.23. The number of anilines is 1. The number of nitrogens with one attached hydrogen (secondary N) is 1. The lowest BCUT2D eigenvalue weighted by Crippen LogP contribution is -2.12. The van der Waals surface area contributed by atoms with Crippen molar-refractivity contribution >= 4 is 27.5 Å². The molecular weight excluding hydrogens is 329 g/mol. The number of carbonyl (C=O) groups is 1. The molecule has 0 fully saturated rings. The Balaban J connectivity index is 2.19. The summed E-state index contributed by atoms with van der Waals surface area (Å²) < 4.78 is 18.2. The van der Waals surface area contributed by atoms with Crippen molar-refractivity contribution < 1.29 is 19.0 Å². The van der Waals surface area contributed by atoms with Crippen LogP contribution in [0.25, 0.3) is 0 Å². The Bertz CT molecular complexity index is 661. The van der Waals surface area contributed by atoms with Crippen molar-refractivity contribution in [1.29, 1.82) is 0 Å². The van der Waals surface area contributed by atoms with Gasteiger partial charge in [0.2, 0.25) is 0 Å². The van der Waals surface area contributed by atoms with Crippen LogP contribution < -0.4 is 10.1 Å². The molecule has 2 N–H and O–H groups in total. The summed E-state index contributed by atoms with van der Waals surface area (Å²) in [6.07, 6.45) is 0. The first-order valence-electron chi connectivity index (χ1n) is 5.64. The molecule has 0 bridgehead atoms. The van der Waals surface area contributed by atoms with Gasteiger partial charge in [0.25, 0.3) is 5.91 Å². The van der Waals surface area contributed by atoms with Crippen molar-refractivity contribution in [2.75, 3.05) is 12.4 Å². The number of carbonyl (C=O) groups excluding carboxylic acids is 1. The highest BCUT2D eigenvalue weighted by molar-refractivity contribution is 9.10. The summed E-state index contributed by atoms with van der Waals surface area (Å²) in [6, 6.07) is 8.45. The molecule has 0 saturated carbocycles. The van der Waals surface area contributed by atoms with Gasteiger partial charge in [-0.1, -0.05) is 0 Å². The van der Waals surface area contributed by atoms with E-state index < -0.39 is 11.7 Å². The maximum absolute atomic E-state index is 13.1. The van der Waals surface area contributed by atoms with Crippen molar-refractivity contribution in [1.82, 2.24) is 0 Å². The lowest BCUT2D eigenvalue weighted by molar-refractivity contribution is 0.102. The minimum absolute atomic E-state index is 0.0782. The molecule has 0 aliphatic rings. The molecule has 0 aromatic heterocycles. The summed E-state index contributed by atoms with van der Waals surface area (Å²) in [4.78, 5) is 12.0. The first-order valence-corrected chi connectivity index (χ1v) is 6.44. The highest BCUT2D eigenvalue weighted by Crippen LogP contribution is 2.28. The van der Waals surface area contributed by atoms with Crippen LogP contribution >= 0.6 is 15.9 Å². The molecule has 2 aromatic carbocycles. The van der Waals surface area contributed by atoms with Crippen LogP contribution in [0.5, 0.6) is 11.5 Å². The zero-order valence-electron chi connectivity index (χ0n) is 10.5. The second kappa shape index (κ2) is 5.92. The van der Waals surface area contributed by atoms with Gasteiger partial charge in [-0.2, -0.15) is 0 Å². The number of ether oxygens (including phenoxy) is 1. The van der Waals surface area contributed by atoms with Crippen molar-refractivity contribution in [3.8, 4) is 11.5 Å². The van der Waals surface area contributed by atoms with E-state index in [2.05, 4.69) is 21.2 Å². The van der Waals surface area contributed by atoms with E-state index >= 15 is 0 Å². The maximum Gasteiger partial charge on any atom is 0.255 e. The van der Waals surface area contributed by atoms with E-state index in [4.69, 9.17) is 4.74 Å². The van der Waals surface area contributed by atoms with Gasteiger partial charge in [0.05, 0.1) is 11.6 Å². The Labute approximate surface area is 123 Å². The molecule has 0 aliphatic carbocycles. The summed E-state index contributed by atoms with van der Waals surface area (Å²) in [5, 5.41) is 12.2. The zero-order valence-corrected chi connectivity index (χ0v) is 12.1. The number of halogens is 2. The number of amides is 1. The Morgan fingerprint density at radius 3 is 2.65 bits per heavy atom. The molecule has 0 saturated heterocycles. The summed E-state index contributed by atoms with van der Waals surface area (Å²) in [5.74, 6) is -0.614. The van der Waals surface area contributed by atoms with E-state index in [9.17, 15) is 14.3 Å². The van der Waals surface area contributed by atoms with Crippen LogP contribution in [0, 0.1) is 5.82 Å². The largest absolute Gasteiger partial charge is 0.504 e. The topological polar surface area (TPSA) is 58.6 Å². The second-order valence-electron chi connectivity index (χ2n) is 3.97. The van der Waals surface area contributed by atoms with Gasteiger partial charge in [0, 0.05) is 17.3 Å². The summed E-state index contributed by atoms with van der Waals surface area (Å²) >= 11 is 3.02. The summed E-state index contributed by atoms with van der Waals surface area (Å²) in [5.41, 5.74) is 0.710. The normalized spacial score (nSPS) is 10.2. The van der Waals surface area contributed by atoms with Crippen LogP contribution in [0.1, 0.15) is 10.4 Å². The van der Waals surface area contributed by atoms with Crippen LogP contribution in [0.2, 0.25) is 0 Å². The number of rotatable bonds is 3. The number of hydrogen-bond acceptors (Lipinski definition) is 3. The highest BCUT2D eigenvalue weighted by Gasteiger charge is 2.10. The molecule has 0 spiro atoms. The Morgan fingerprint density at radius 1 is 1.30 bits per heavy atom. The van der Waals surface area contributed by atoms with E-state index in [-0.39, 0.29) is 10.2 Å². The van der Waals surface area contributed by atoms with Gasteiger partial charge in [-0.15, -0.1) is 0 Å². The van der Waals surface area contributed by atoms with E-state index in [0.29, 0.717) is 17.0 Å². The van der Waals surface area contributed by atoms with Gasteiger partial charge in [0.1, 0.15) is 5.82 Å². The van der Waals surface area contributed by atoms with Crippen LogP contribution in [0.15, 0.2) is 40.9 Å². The number of phenolic OH excluding ortho intramolecular Hbond substituents is 1. The van der Waals surface area contributed by atoms with Crippen molar-refractivity contribution in [2.24, 2.45) is 0 Å². The van der Waals surface area contributed by atoms with Crippen molar-refractivity contribution in [2.45, 2.75) is 0 Å². The van der Waals surface area contributed by atoms with E-state index in [1.54, 1.807) is 6.07 Å². The van der Waals surface area contributed by atoms with Gasteiger partial charge >= 0.3 is 0 Å². The summed E-state index contributed by atoms with van der Waals surface area (Å²) in [6.45, 7) is 0. The maximum atomic E-state index is 13.1. The van der Waals surface area contributed by atoms with Gasteiger partial charge in [-0.25, -0.2) is 4.39 Å². The molecule has 6 heteroatoms. The fourth-order valence-electron chi connectivity index (χ4n) is 1.61. The number of phenols is 1.